The van der Waals surface area contributed by atoms with Crippen LogP contribution in [0, 0.1) is 0 Å². The van der Waals surface area contributed by atoms with E-state index in [1.54, 1.807) is 12.1 Å². The van der Waals surface area contributed by atoms with Gasteiger partial charge in [0.15, 0.2) is 0 Å². The van der Waals surface area contributed by atoms with E-state index in [4.69, 9.17) is 17.3 Å². The predicted octanol–water partition coefficient (Wildman–Crippen LogP) is 2.88. The Balaban J connectivity index is 2.27. The molecule has 0 saturated heterocycles. The molecule has 0 bridgehead atoms. The van der Waals surface area contributed by atoms with E-state index in [1.807, 2.05) is 36.4 Å². The molecule has 0 spiro atoms. The van der Waals surface area contributed by atoms with Gasteiger partial charge in [-0.25, -0.2) is 0 Å². The summed E-state index contributed by atoms with van der Waals surface area (Å²) in [5.41, 5.74) is 8.20. The monoisotopic (exact) mass is 247 g/mol. The molecule has 0 heterocycles. The summed E-state index contributed by atoms with van der Waals surface area (Å²) in [6, 6.07) is 14.8. The molecule has 2 aromatic rings. The van der Waals surface area contributed by atoms with E-state index in [0.29, 0.717) is 11.6 Å². The van der Waals surface area contributed by atoms with Crippen LogP contribution in [-0.4, -0.2) is 5.11 Å². The van der Waals surface area contributed by atoms with E-state index in [-0.39, 0.29) is 0 Å². The Morgan fingerprint density at radius 3 is 2.35 bits per heavy atom. The highest BCUT2D eigenvalue weighted by Gasteiger charge is 2.10. The molecule has 1 unspecified atom stereocenters. The standard InChI is InChI=1S/C14H14ClNO/c15-13-3-1-2-12(8-13)14(17)11-6-4-10(9-16)5-7-11/h1-8,14,17H,9,16H2. The largest absolute Gasteiger partial charge is 0.384 e. The van der Waals surface area contributed by atoms with Gasteiger partial charge in [0.05, 0.1) is 0 Å². The van der Waals surface area contributed by atoms with Crippen molar-refractivity contribution in [2.24, 2.45) is 5.73 Å². The Hall–Kier alpha value is -1.35. The number of nitrogens with two attached hydrogens (primary N) is 1. The Kier molecular flexibility index (Phi) is 3.79. The van der Waals surface area contributed by atoms with Crippen molar-refractivity contribution in [3.63, 3.8) is 0 Å². The number of aliphatic hydroxyl groups excluding tert-OH is 1. The van der Waals surface area contributed by atoms with Crippen LogP contribution in [0.4, 0.5) is 0 Å². The highest BCUT2D eigenvalue weighted by molar-refractivity contribution is 6.30. The second-order valence-electron chi connectivity index (χ2n) is 3.90. The van der Waals surface area contributed by atoms with Crippen LogP contribution in [0.5, 0.6) is 0 Å². The first kappa shape index (κ1) is 12.1. The first-order valence-corrected chi connectivity index (χ1v) is 5.81. The summed E-state index contributed by atoms with van der Waals surface area (Å²) in [6.07, 6.45) is -0.652. The second kappa shape index (κ2) is 5.32. The van der Waals surface area contributed by atoms with Crippen molar-refractivity contribution < 1.29 is 5.11 Å². The van der Waals surface area contributed by atoms with E-state index in [0.717, 1.165) is 16.7 Å². The zero-order chi connectivity index (χ0) is 12.3. The predicted molar refractivity (Wildman–Crippen MR) is 69.8 cm³/mol. The molecule has 0 aliphatic heterocycles. The maximum absolute atomic E-state index is 10.2. The van der Waals surface area contributed by atoms with Gasteiger partial charge in [0.25, 0.3) is 0 Å². The van der Waals surface area contributed by atoms with Crippen LogP contribution in [0.25, 0.3) is 0 Å². The molecule has 0 radical (unpaired) electrons. The first-order valence-electron chi connectivity index (χ1n) is 5.43. The van der Waals surface area contributed by atoms with E-state index in [2.05, 4.69) is 0 Å². The number of halogens is 1. The van der Waals surface area contributed by atoms with E-state index in [9.17, 15) is 5.11 Å². The molecular formula is C14H14ClNO. The number of benzene rings is 2. The third-order valence-electron chi connectivity index (χ3n) is 2.70. The van der Waals surface area contributed by atoms with Crippen molar-refractivity contribution in [2.75, 3.05) is 0 Å². The fraction of sp³-hybridized carbons (Fsp3) is 0.143. The van der Waals surface area contributed by atoms with Gasteiger partial charge < -0.3 is 10.8 Å². The van der Waals surface area contributed by atoms with Gasteiger partial charge in [0, 0.05) is 11.6 Å². The van der Waals surface area contributed by atoms with Gasteiger partial charge in [-0.15, -0.1) is 0 Å². The molecule has 88 valence electrons. The maximum Gasteiger partial charge on any atom is 0.104 e. The fourth-order valence-corrected chi connectivity index (χ4v) is 1.90. The Morgan fingerprint density at radius 1 is 1.06 bits per heavy atom. The summed E-state index contributed by atoms with van der Waals surface area (Å²) in [5.74, 6) is 0. The molecule has 0 aromatic heterocycles. The molecule has 2 rings (SSSR count). The highest BCUT2D eigenvalue weighted by atomic mass is 35.5. The minimum atomic E-state index is -0.652. The third-order valence-corrected chi connectivity index (χ3v) is 2.93. The molecule has 0 aliphatic carbocycles. The van der Waals surface area contributed by atoms with E-state index >= 15 is 0 Å². The SMILES string of the molecule is NCc1ccc(C(O)c2cccc(Cl)c2)cc1. The average molecular weight is 248 g/mol. The number of hydrogen-bond donors (Lipinski definition) is 2. The van der Waals surface area contributed by atoms with Gasteiger partial charge >= 0.3 is 0 Å². The zero-order valence-electron chi connectivity index (χ0n) is 9.31. The quantitative estimate of drug-likeness (QED) is 0.876. The van der Waals surface area contributed by atoms with Crippen molar-refractivity contribution in [1.29, 1.82) is 0 Å². The lowest BCUT2D eigenvalue weighted by molar-refractivity contribution is 0.220. The molecule has 2 nitrogen and oxygen atoms in total. The van der Waals surface area contributed by atoms with Gasteiger partial charge in [0.1, 0.15) is 6.10 Å². The summed E-state index contributed by atoms with van der Waals surface area (Å²) < 4.78 is 0. The minimum absolute atomic E-state index is 0.507. The lowest BCUT2D eigenvalue weighted by atomic mass is 10.0. The summed E-state index contributed by atoms with van der Waals surface area (Å²) in [5, 5.41) is 10.8. The van der Waals surface area contributed by atoms with Gasteiger partial charge in [0.2, 0.25) is 0 Å². The van der Waals surface area contributed by atoms with E-state index < -0.39 is 6.10 Å². The van der Waals surface area contributed by atoms with Crippen molar-refractivity contribution in [3.05, 3.63) is 70.2 Å². The van der Waals surface area contributed by atoms with E-state index in [1.165, 1.54) is 0 Å². The fourth-order valence-electron chi connectivity index (χ4n) is 1.71. The van der Waals surface area contributed by atoms with Crippen molar-refractivity contribution in [2.45, 2.75) is 12.6 Å². The van der Waals surface area contributed by atoms with Gasteiger partial charge in [-0.3, -0.25) is 0 Å². The van der Waals surface area contributed by atoms with Crippen LogP contribution in [-0.2, 0) is 6.54 Å². The molecule has 1 atom stereocenters. The summed E-state index contributed by atoms with van der Waals surface area (Å²) >= 11 is 5.90. The smallest absolute Gasteiger partial charge is 0.104 e. The second-order valence-corrected chi connectivity index (χ2v) is 4.34. The first-order chi connectivity index (χ1) is 8.20. The number of rotatable bonds is 3. The Morgan fingerprint density at radius 2 is 1.76 bits per heavy atom. The topological polar surface area (TPSA) is 46.2 Å². The zero-order valence-corrected chi connectivity index (χ0v) is 10.1. The van der Waals surface area contributed by atoms with Crippen LogP contribution >= 0.6 is 11.6 Å². The molecule has 0 amide bonds. The molecule has 3 heteroatoms. The summed E-state index contributed by atoms with van der Waals surface area (Å²) in [6.45, 7) is 0.507. The van der Waals surface area contributed by atoms with Gasteiger partial charge in [-0.2, -0.15) is 0 Å². The van der Waals surface area contributed by atoms with Crippen molar-refractivity contribution in [3.8, 4) is 0 Å². The summed E-state index contributed by atoms with van der Waals surface area (Å²) in [7, 11) is 0. The molecule has 0 saturated carbocycles. The van der Waals surface area contributed by atoms with Crippen LogP contribution in [0.15, 0.2) is 48.5 Å². The van der Waals surface area contributed by atoms with Crippen LogP contribution in [0.3, 0.4) is 0 Å². The number of hydrogen-bond acceptors (Lipinski definition) is 2. The van der Waals surface area contributed by atoms with Crippen LogP contribution < -0.4 is 5.73 Å². The van der Waals surface area contributed by atoms with Gasteiger partial charge in [-0.1, -0.05) is 48.0 Å². The maximum atomic E-state index is 10.2. The third kappa shape index (κ3) is 2.86. The lowest BCUT2D eigenvalue weighted by Gasteiger charge is -2.12. The van der Waals surface area contributed by atoms with Crippen molar-refractivity contribution >= 4 is 11.6 Å². The van der Waals surface area contributed by atoms with Crippen molar-refractivity contribution in [1.82, 2.24) is 0 Å². The molecule has 3 N–H and O–H groups in total. The summed E-state index contributed by atoms with van der Waals surface area (Å²) in [4.78, 5) is 0. The average Bonchev–Trinajstić information content (AvgIpc) is 2.38. The molecule has 2 aromatic carbocycles. The molecule has 17 heavy (non-hydrogen) atoms. The molecule has 0 fully saturated rings. The normalized spacial score (nSPS) is 12.4. The van der Waals surface area contributed by atoms with Crippen LogP contribution in [0.1, 0.15) is 22.8 Å². The molecular weight excluding hydrogens is 234 g/mol. The lowest BCUT2D eigenvalue weighted by Crippen LogP contribution is -2.01. The number of aliphatic hydroxyl groups is 1. The highest BCUT2D eigenvalue weighted by Crippen LogP contribution is 2.24. The van der Waals surface area contributed by atoms with Crippen LogP contribution in [0.2, 0.25) is 5.02 Å². The van der Waals surface area contributed by atoms with Gasteiger partial charge in [-0.05, 0) is 28.8 Å². The Labute approximate surface area is 106 Å². The Bertz CT molecular complexity index is 496. The molecule has 0 aliphatic rings. The minimum Gasteiger partial charge on any atom is -0.384 e.